The van der Waals surface area contributed by atoms with Crippen molar-refractivity contribution in [2.45, 2.75) is 123 Å². The van der Waals surface area contributed by atoms with Crippen molar-refractivity contribution < 1.29 is 64.2 Å². The van der Waals surface area contributed by atoms with Crippen molar-refractivity contribution in [2.75, 3.05) is 19.7 Å². The van der Waals surface area contributed by atoms with E-state index >= 15 is 0 Å². The average molecular weight is 615 g/mol. The average Bonchev–Trinajstić information content (AvgIpc) is 3.27. The quantitative estimate of drug-likeness (QED) is 0.115. The Bertz CT molecular complexity index is 868. The highest BCUT2D eigenvalue weighted by Crippen LogP contribution is 2.34. The molecule has 11 unspecified atom stereocenters. The third kappa shape index (κ3) is 6.60. The van der Waals surface area contributed by atoms with E-state index in [1.165, 1.54) is 0 Å². The third-order valence-corrected chi connectivity index (χ3v) is 8.37. The van der Waals surface area contributed by atoms with Gasteiger partial charge in [0.25, 0.3) is 0 Å². The fourth-order valence-electron chi connectivity index (χ4n) is 5.74. The molecule has 3 aliphatic heterocycles. The van der Waals surface area contributed by atoms with Gasteiger partial charge in [-0.05, 0) is 6.42 Å². The predicted molar refractivity (Wildman–Crippen MR) is 138 cm³/mol. The van der Waals surface area contributed by atoms with Crippen LogP contribution in [0.5, 0.6) is 0 Å². The predicted octanol–water partition coefficient (Wildman–Crippen LogP) is -8.90. The van der Waals surface area contributed by atoms with Crippen LogP contribution in [0.1, 0.15) is 6.42 Å². The summed E-state index contributed by atoms with van der Waals surface area (Å²) in [4.78, 5) is 0. The van der Waals surface area contributed by atoms with Crippen LogP contribution < -0.4 is 34.4 Å². The number of aliphatic hydroxyl groups is 7. The molecule has 4 aliphatic rings. The summed E-state index contributed by atoms with van der Waals surface area (Å²) < 4.78 is 34.6. The molecule has 0 spiro atoms. The Kier molecular flexibility index (Phi) is 11.5. The number of ether oxygens (including phenoxy) is 6. The number of rotatable bonds is 9. The van der Waals surface area contributed by atoms with Gasteiger partial charge in [0.15, 0.2) is 18.9 Å². The van der Waals surface area contributed by atoms with Crippen molar-refractivity contribution in [2.24, 2.45) is 34.4 Å². The summed E-state index contributed by atoms with van der Waals surface area (Å²) in [5, 5.41) is 73.0. The van der Waals surface area contributed by atoms with E-state index in [0.29, 0.717) is 0 Å². The molecule has 1 saturated carbocycles. The molecular formula is C23H46N6O13. The highest BCUT2D eigenvalue weighted by molar-refractivity contribution is 5.02. The molecule has 19 atom stereocenters. The zero-order valence-electron chi connectivity index (χ0n) is 22.8. The van der Waals surface area contributed by atoms with Gasteiger partial charge in [-0.15, -0.1) is 0 Å². The fraction of sp³-hybridized carbons (Fsp3) is 1.00. The van der Waals surface area contributed by atoms with Crippen LogP contribution in [0.25, 0.3) is 0 Å². The lowest BCUT2D eigenvalue weighted by Gasteiger charge is -2.47. The number of aliphatic hydroxyl groups excluding tert-OH is 7. The van der Waals surface area contributed by atoms with Crippen molar-refractivity contribution >= 4 is 0 Å². The monoisotopic (exact) mass is 614 g/mol. The van der Waals surface area contributed by atoms with Crippen LogP contribution in [0.4, 0.5) is 0 Å². The maximum Gasteiger partial charge on any atom is 0.187 e. The first kappa shape index (κ1) is 34.1. The first-order chi connectivity index (χ1) is 19.8. The summed E-state index contributed by atoms with van der Waals surface area (Å²) in [5.41, 5.74) is 35.6. The SMILES string of the molecule is NCC1O[C@H](O[C@@H]2C(N)C[C@@H](N)C(O)C2O[C@@H]2O[C@H](CO)C(O[C@@H]3OC(CN)[C@H](O)C(O)C3N)C2O)C(N)C(O)[C@@H]1O. The van der Waals surface area contributed by atoms with Crippen LogP contribution in [0.15, 0.2) is 0 Å². The van der Waals surface area contributed by atoms with E-state index in [-0.39, 0.29) is 19.5 Å². The van der Waals surface area contributed by atoms with Crippen molar-refractivity contribution in [1.29, 1.82) is 0 Å². The Morgan fingerprint density at radius 2 is 0.976 bits per heavy atom. The highest BCUT2D eigenvalue weighted by Gasteiger charge is 2.54. The minimum absolute atomic E-state index is 0.0889. The van der Waals surface area contributed by atoms with Gasteiger partial charge in [-0.1, -0.05) is 0 Å². The lowest BCUT2D eigenvalue weighted by molar-refractivity contribution is -0.306. The zero-order chi connectivity index (χ0) is 31.0. The number of hydrogen-bond donors (Lipinski definition) is 13. The molecule has 0 aromatic carbocycles. The molecule has 0 amide bonds. The normalized spacial score (nSPS) is 53.8. The van der Waals surface area contributed by atoms with Gasteiger partial charge in [-0.3, -0.25) is 0 Å². The highest BCUT2D eigenvalue weighted by atomic mass is 16.8. The van der Waals surface area contributed by atoms with E-state index in [4.69, 9.17) is 62.8 Å². The molecule has 0 aromatic rings. The molecule has 246 valence electrons. The molecule has 42 heavy (non-hydrogen) atoms. The second-order valence-corrected chi connectivity index (χ2v) is 11.2. The van der Waals surface area contributed by atoms with E-state index in [9.17, 15) is 35.7 Å². The van der Waals surface area contributed by atoms with Crippen molar-refractivity contribution in [1.82, 2.24) is 0 Å². The van der Waals surface area contributed by atoms with E-state index in [1.807, 2.05) is 0 Å². The largest absolute Gasteiger partial charge is 0.394 e. The summed E-state index contributed by atoms with van der Waals surface area (Å²) >= 11 is 0. The van der Waals surface area contributed by atoms with Crippen LogP contribution in [0.3, 0.4) is 0 Å². The minimum Gasteiger partial charge on any atom is -0.394 e. The summed E-state index contributed by atoms with van der Waals surface area (Å²) in [5.74, 6) is 0. The summed E-state index contributed by atoms with van der Waals surface area (Å²) in [6, 6.07) is -4.18. The van der Waals surface area contributed by atoms with Gasteiger partial charge in [0.05, 0.1) is 24.8 Å². The van der Waals surface area contributed by atoms with Crippen LogP contribution >= 0.6 is 0 Å². The second-order valence-electron chi connectivity index (χ2n) is 11.2. The maximum atomic E-state index is 11.1. The summed E-state index contributed by atoms with van der Waals surface area (Å²) in [6.45, 7) is -0.967. The van der Waals surface area contributed by atoms with Crippen LogP contribution in [-0.2, 0) is 28.4 Å². The van der Waals surface area contributed by atoms with Gasteiger partial charge in [0, 0.05) is 25.2 Å². The lowest BCUT2D eigenvalue weighted by Crippen LogP contribution is -2.68. The first-order valence-electron chi connectivity index (χ1n) is 13.9. The smallest absolute Gasteiger partial charge is 0.187 e. The van der Waals surface area contributed by atoms with Crippen LogP contribution in [0.2, 0.25) is 0 Å². The minimum atomic E-state index is -1.60. The molecule has 1 aliphatic carbocycles. The Morgan fingerprint density at radius 3 is 1.45 bits per heavy atom. The van der Waals surface area contributed by atoms with Gasteiger partial charge < -0.3 is 98.6 Å². The van der Waals surface area contributed by atoms with E-state index in [1.54, 1.807) is 0 Å². The van der Waals surface area contributed by atoms with Gasteiger partial charge in [0.2, 0.25) is 0 Å². The van der Waals surface area contributed by atoms with E-state index < -0.39 is 123 Å². The Balaban J connectivity index is 1.50. The van der Waals surface area contributed by atoms with Gasteiger partial charge in [0.1, 0.15) is 67.1 Å². The molecule has 3 heterocycles. The van der Waals surface area contributed by atoms with E-state index in [0.717, 1.165) is 0 Å². The first-order valence-corrected chi connectivity index (χ1v) is 13.9. The van der Waals surface area contributed by atoms with Crippen molar-refractivity contribution in [3.63, 3.8) is 0 Å². The van der Waals surface area contributed by atoms with Gasteiger partial charge in [-0.25, -0.2) is 0 Å². The number of nitrogens with two attached hydrogens (primary N) is 6. The molecule has 0 aromatic heterocycles. The van der Waals surface area contributed by atoms with Gasteiger partial charge >= 0.3 is 0 Å². The third-order valence-electron chi connectivity index (χ3n) is 8.37. The molecule has 19 nitrogen and oxygen atoms in total. The lowest BCUT2D eigenvalue weighted by atomic mass is 9.84. The van der Waals surface area contributed by atoms with E-state index in [2.05, 4.69) is 0 Å². The Morgan fingerprint density at radius 1 is 0.524 bits per heavy atom. The van der Waals surface area contributed by atoms with Crippen molar-refractivity contribution in [3.8, 4) is 0 Å². The molecule has 19 N–H and O–H groups in total. The Labute approximate surface area is 241 Å². The molecule has 0 radical (unpaired) electrons. The van der Waals surface area contributed by atoms with Crippen LogP contribution in [0, 0.1) is 0 Å². The molecular weight excluding hydrogens is 568 g/mol. The molecule has 19 heteroatoms. The summed E-state index contributed by atoms with van der Waals surface area (Å²) in [6.07, 6.45) is -19.8. The molecule has 4 rings (SSSR count). The molecule has 0 bridgehead atoms. The number of hydrogen-bond acceptors (Lipinski definition) is 19. The second kappa shape index (κ2) is 14.1. The standard InChI is InChI=1S/C23H46N6O13/c24-2-7-13(32)15(34)10(28)21(37-7)40-18-6(27)1-5(26)12(31)20(18)42-23-17(36)19(9(4-30)39-23)41-22-11(29)16(35)14(33)8(3-25)38-22/h5-23,30-36H,1-4,24-29H2/t5-,6?,7?,8?,9-,10?,11?,12?,13-,14+,15?,16?,17?,18-,19?,20?,21-,22+,23+/m1/s1. The summed E-state index contributed by atoms with van der Waals surface area (Å²) in [7, 11) is 0. The zero-order valence-corrected chi connectivity index (χ0v) is 22.8. The van der Waals surface area contributed by atoms with Crippen LogP contribution in [-0.4, -0.2) is 172 Å². The topological polar surface area (TPSA) is 353 Å². The fourth-order valence-corrected chi connectivity index (χ4v) is 5.74. The maximum absolute atomic E-state index is 11.1. The van der Waals surface area contributed by atoms with Gasteiger partial charge in [-0.2, -0.15) is 0 Å². The Hall–Kier alpha value is -0.760. The van der Waals surface area contributed by atoms with Crippen molar-refractivity contribution in [3.05, 3.63) is 0 Å². The molecule has 3 saturated heterocycles. The molecule has 4 fully saturated rings.